The normalized spacial score (nSPS) is 10.4. The van der Waals surface area contributed by atoms with Gasteiger partial charge in [-0.3, -0.25) is 0 Å². The standard InChI is InChI=1S/C20H18N2S2/c1-14-13-18(23)22(17-11-7-4-8-12-17)15(2)19(14)20(24)21-16-9-5-3-6-10-16/h3-13H,1-2H3,(H,21,24). The van der Waals surface area contributed by atoms with Crippen molar-refractivity contribution in [3.63, 3.8) is 0 Å². The van der Waals surface area contributed by atoms with Crippen LogP contribution in [0, 0.1) is 18.5 Å². The van der Waals surface area contributed by atoms with Gasteiger partial charge >= 0.3 is 0 Å². The Morgan fingerprint density at radius 2 is 1.50 bits per heavy atom. The van der Waals surface area contributed by atoms with Crippen molar-refractivity contribution >= 4 is 35.1 Å². The third-order valence-corrected chi connectivity index (χ3v) is 4.53. The highest BCUT2D eigenvalue weighted by atomic mass is 32.1. The molecule has 0 fully saturated rings. The molecular weight excluding hydrogens is 332 g/mol. The molecule has 1 heterocycles. The number of aromatic nitrogens is 1. The first-order valence-corrected chi connectivity index (χ1v) is 8.54. The Kier molecular flexibility index (Phi) is 4.88. The summed E-state index contributed by atoms with van der Waals surface area (Å²) in [7, 11) is 0. The quantitative estimate of drug-likeness (QED) is 0.619. The van der Waals surface area contributed by atoms with Crippen LogP contribution in [0.3, 0.4) is 0 Å². The molecule has 0 spiro atoms. The Balaban J connectivity index is 2.09. The maximum Gasteiger partial charge on any atom is 0.113 e. The second-order valence-corrected chi connectivity index (χ2v) is 6.44. The summed E-state index contributed by atoms with van der Waals surface area (Å²) in [6.45, 7) is 4.11. The molecule has 0 saturated heterocycles. The molecule has 0 aliphatic carbocycles. The first-order chi connectivity index (χ1) is 11.6. The molecule has 120 valence electrons. The van der Waals surface area contributed by atoms with Crippen LogP contribution in [-0.4, -0.2) is 9.56 Å². The summed E-state index contributed by atoms with van der Waals surface area (Å²) in [6.07, 6.45) is 0. The Bertz CT molecular complexity index is 929. The summed E-state index contributed by atoms with van der Waals surface area (Å²) in [5, 5.41) is 3.32. The molecule has 0 unspecified atom stereocenters. The zero-order valence-electron chi connectivity index (χ0n) is 13.6. The van der Waals surface area contributed by atoms with Gasteiger partial charge in [0, 0.05) is 22.6 Å². The molecule has 0 amide bonds. The Hall–Kier alpha value is -2.30. The molecule has 2 nitrogen and oxygen atoms in total. The van der Waals surface area contributed by atoms with Gasteiger partial charge in [-0.15, -0.1) is 0 Å². The molecule has 0 aliphatic rings. The van der Waals surface area contributed by atoms with E-state index >= 15 is 0 Å². The van der Waals surface area contributed by atoms with Crippen molar-refractivity contribution in [2.45, 2.75) is 13.8 Å². The molecule has 24 heavy (non-hydrogen) atoms. The minimum absolute atomic E-state index is 0.705. The van der Waals surface area contributed by atoms with Crippen LogP contribution in [0.5, 0.6) is 0 Å². The zero-order valence-corrected chi connectivity index (χ0v) is 15.2. The molecule has 0 atom stereocenters. The average Bonchev–Trinajstić information content (AvgIpc) is 2.56. The predicted octanol–water partition coefficient (Wildman–Crippen LogP) is 5.61. The van der Waals surface area contributed by atoms with Gasteiger partial charge in [-0.05, 0) is 49.7 Å². The first-order valence-electron chi connectivity index (χ1n) is 7.73. The number of benzene rings is 2. The molecule has 1 N–H and O–H groups in total. The van der Waals surface area contributed by atoms with Crippen molar-refractivity contribution in [2.24, 2.45) is 0 Å². The van der Waals surface area contributed by atoms with Gasteiger partial charge in [-0.25, -0.2) is 0 Å². The van der Waals surface area contributed by atoms with Crippen LogP contribution < -0.4 is 5.32 Å². The van der Waals surface area contributed by atoms with E-state index in [0.29, 0.717) is 4.99 Å². The van der Waals surface area contributed by atoms with Crippen molar-refractivity contribution in [3.8, 4) is 5.69 Å². The van der Waals surface area contributed by atoms with Crippen LogP contribution in [0.1, 0.15) is 16.8 Å². The Labute approximate surface area is 152 Å². The lowest BCUT2D eigenvalue weighted by Gasteiger charge is -2.19. The lowest BCUT2D eigenvalue weighted by Crippen LogP contribution is -2.17. The number of thiocarbonyl (C=S) groups is 1. The summed E-state index contributed by atoms with van der Waals surface area (Å²) in [5.41, 5.74) is 5.17. The van der Waals surface area contributed by atoms with Crippen LogP contribution in [0.15, 0.2) is 66.7 Å². The number of aryl methyl sites for hydroxylation is 1. The van der Waals surface area contributed by atoms with E-state index in [1.807, 2.05) is 61.5 Å². The second kappa shape index (κ2) is 7.07. The summed E-state index contributed by atoms with van der Waals surface area (Å²) < 4.78 is 2.85. The fourth-order valence-corrected chi connectivity index (χ4v) is 3.69. The maximum atomic E-state index is 5.67. The molecular formula is C20H18N2S2. The van der Waals surface area contributed by atoms with Gasteiger partial charge in [0.15, 0.2) is 0 Å². The predicted molar refractivity (Wildman–Crippen MR) is 108 cm³/mol. The first kappa shape index (κ1) is 16.6. The summed E-state index contributed by atoms with van der Waals surface area (Å²) >= 11 is 11.3. The third kappa shape index (κ3) is 3.30. The van der Waals surface area contributed by atoms with E-state index in [1.165, 1.54) is 0 Å². The van der Waals surface area contributed by atoms with Crippen LogP contribution in [0.25, 0.3) is 5.69 Å². The second-order valence-electron chi connectivity index (χ2n) is 5.62. The fraction of sp³-hybridized carbons (Fsp3) is 0.100. The van der Waals surface area contributed by atoms with Crippen molar-refractivity contribution in [2.75, 3.05) is 5.32 Å². The summed E-state index contributed by atoms with van der Waals surface area (Å²) in [5.74, 6) is 0. The number of pyridine rings is 1. The smallest absolute Gasteiger partial charge is 0.113 e. The van der Waals surface area contributed by atoms with Crippen molar-refractivity contribution in [1.29, 1.82) is 0 Å². The molecule has 3 rings (SSSR count). The highest BCUT2D eigenvalue weighted by molar-refractivity contribution is 7.81. The monoisotopic (exact) mass is 350 g/mol. The number of para-hydroxylation sites is 2. The highest BCUT2D eigenvalue weighted by Gasteiger charge is 2.14. The number of nitrogens with one attached hydrogen (secondary N) is 1. The maximum absolute atomic E-state index is 5.67. The fourth-order valence-electron chi connectivity index (χ4n) is 2.84. The van der Waals surface area contributed by atoms with E-state index in [0.717, 1.165) is 32.8 Å². The molecule has 1 aromatic heterocycles. The molecule has 0 radical (unpaired) electrons. The van der Waals surface area contributed by atoms with E-state index in [4.69, 9.17) is 24.4 Å². The average molecular weight is 351 g/mol. The van der Waals surface area contributed by atoms with Gasteiger partial charge in [-0.1, -0.05) is 60.8 Å². The van der Waals surface area contributed by atoms with E-state index in [2.05, 4.69) is 28.9 Å². The van der Waals surface area contributed by atoms with Crippen molar-refractivity contribution in [3.05, 3.63) is 88.2 Å². The van der Waals surface area contributed by atoms with E-state index in [1.54, 1.807) is 0 Å². The summed E-state index contributed by atoms with van der Waals surface area (Å²) in [4.78, 5) is 0.705. The number of anilines is 1. The number of rotatable bonds is 3. The number of hydrogen-bond donors (Lipinski definition) is 1. The largest absolute Gasteiger partial charge is 0.346 e. The van der Waals surface area contributed by atoms with Crippen LogP contribution in [0.4, 0.5) is 5.69 Å². The van der Waals surface area contributed by atoms with Crippen LogP contribution in [-0.2, 0) is 0 Å². The molecule has 0 aliphatic heterocycles. The lowest BCUT2D eigenvalue weighted by atomic mass is 10.1. The third-order valence-electron chi connectivity index (χ3n) is 3.93. The zero-order chi connectivity index (χ0) is 17.1. The minimum Gasteiger partial charge on any atom is -0.346 e. The topological polar surface area (TPSA) is 17.0 Å². The lowest BCUT2D eigenvalue weighted by molar-refractivity contribution is 0.951. The number of nitrogens with zero attached hydrogens (tertiary/aromatic N) is 1. The van der Waals surface area contributed by atoms with Crippen LogP contribution >= 0.6 is 24.4 Å². The minimum atomic E-state index is 0.705. The van der Waals surface area contributed by atoms with Gasteiger partial charge in [0.1, 0.15) is 9.63 Å². The molecule has 0 bridgehead atoms. The van der Waals surface area contributed by atoms with E-state index < -0.39 is 0 Å². The van der Waals surface area contributed by atoms with Gasteiger partial charge in [0.05, 0.1) is 0 Å². The van der Waals surface area contributed by atoms with Gasteiger partial charge in [0.25, 0.3) is 0 Å². The number of hydrogen-bond acceptors (Lipinski definition) is 2. The SMILES string of the molecule is Cc1cc(=S)n(-c2ccccc2)c(C)c1C(=S)Nc1ccccc1. The van der Waals surface area contributed by atoms with Gasteiger partial charge < -0.3 is 9.88 Å². The van der Waals surface area contributed by atoms with E-state index in [9.17, 15) is 0 Å². The van der Waals surface area contributed by atoms with Crippen LogP contribution in [0.2, 0.25) is 0 Å². The van der Waals surface area contributed by atoms with E-state index in [-0.39, 0.29) is 0 Å². The van der Waals surface area contributed by atoms with Gasteiger partial charge in [-0.2, -0.15) is 0 Å². The Morgan fingerprint density at radius 1 is 0.917 bits per heavy atom. The molecule has 3 aromatic rings. The highest BCUT2D eigenvalue weighted by Crippen LogP contribution is 2.21. The van der Waals surface area contributed by atoms with Crippen molar-refractivity contribution < 1.29 is 0 Å². The molecule has 4 heteroatoms. The van der Waals surface area contributed by atoms with Crippen molar-refractivity contribution in [1.82, 2.24) is 4.57 Å². The Morgan fingerprint density at radius 3 is 2.12 bits per heavy atom. The summed E-state index contributed by atoms with van der Waals surface area (Å²) in [6, 6.07) is 22.1. The van der Waals surface area contributed by atoms with Gasteiger partial charge in [0.2, 0.25) is 0 Å². The molecule has 0 saturated carbocycles. The molecule has 2 aromatic carbocycles.